The van der Waals surface area contributed by atoms with E-state index in [1.165, 1.54) is 0 Å². The zero-order valence-corrected chi connectivity index (χ0v) is 36.5. The van der Waals surface area contributed by atoms with Crippen molar-refractivity contribution in [3.05, 3.63) is 0 Å². The van der Waals surface area contributed by atoms with Crippen LogP contribution in [0, 0.1) is 11.8 Å². The summed E-state index contributed by atoms with van der Waals surface area (Å²) in [6.45, 7) is 32.0. The van der Waals surface area contributed by atoms with E-state index in [-0.39, 0.29) is 62.8 Å². The van der Waals surface area contributed by atoms with Gasteiger partial charge in [0.1, 0.15) is 0 Å². The van der Waals surface area contributed by atoms with Gasteiger partial charge in [-0.15, -0.1) is 0 Å². The van der Waals surface area contributed by atoms with Crippen LogP contribution in [0.2, 0.25) is 0 Å². The van der Waals surface area contributed by atoms with Gasteiger partial charge in [-0.3, -0.25) is 0 Å². The third-order valence-corrected chi connectivity index (χ3v) is 10.5. The summed E-state index contributed by atoms with van der Waals surface area (Å²) >= 11 is 0. The molecule has 0 amide bonds. The topological polar surface area (TPSA) is 136 Å². The average molecular weight is 768 g/mol. The number of aliphatic hydroxyl groups excluding tert-OH is 2. The fourth-order valence-electron chi connectivity index (χ4n) is 2.19. The Morgan fingerprint density at radius 3 is 0.556 bits per heavy atom. The van der Waals surface area contributed by atoms with Crippen LogP contribution in [0.15, 0.2) is 0 Å². The van der Waals surface area contributed by atoms with Crippen molar-refractivity contribution in [2.24, 2.45) is 11.8 Å². The summed E-state index contributed by atoms with van der Waals surface area (Å²) in [5.74, 6) is 0.880. The minimum absolute atomic E-state index is 0. The largest absolute Gasteiger partial charge is 0.677 e. The van der Waals surface area contributed by atoms with Gasteiger partial charge in [0.05, 0.1) is 0 Å². The van der Waals surface area contributed by atoms with Crippen LogP contribution in [-0.2, 0) is 52.8 Å². The number of aliphatic hydroxyl groups is 2. The molecule has 0 fully saturated rings. The van der Waals surface area contributed by atoms with Crippen LogP contribution in [0.3, 0.4) is 0 Å². The first-order chi connectivity index (χ1) is 20.3. The van der Waals surface area contributed by atoms with Crippen molar-refractivity contribution in [1.82, 2.24) is 0 Å². The van der Waals surface area contributed by atoms with Crippen LogP contribution < -0.4 is 0 Å². The molecule has 0 saturated heterocycles. The van der Waals surface area contributed by atoms with E-state index in [1.54, 1.807) is 0 Å². The van der Waals surface area contributed by atoms with Crippen molar-refractivity contribution in [3.8, 4) is 0 Å². The van der Waals surface area contributed by atoms with Gasteiger partial charge in [-0.05, 0) is 91.9 Å². The molecule has 0 radical (unpaired) electrons. The molecule has 0 heterocycles. The molecule has 13 heteroatoms. The van der Waals surface area contributed by atoms with Crippen LogP contribution in [0.4, 0.5) is 0 Å². The Labute approximate surface area is 300 Å². The second-order valence-electron chi connectivity index (χ2n) is 12.2. The molecule has 0 aromatic rings. The first-order valence-corrected chi connectivity index (χ1v) is 20.3. The van der Waals surface area contributed by atoms with Crippen LogP contribution in [0.25, 0.3) is 0 Å². The Morgan fingerprint density at radius 2 is 0.489 bits per heavy atom. The molecule has 0 saturated carbocycles. The van der Waals surface area contributed by atoms with Gasteiger partial charge in [-0.2, -0.15) is 0 Å². The van der Waals surface area contributed by atoms with Crippen molar-refractivity contribution in [3.63, 3.8) is 0 Å². The van der Waals surface area contributed by atoms with Gasteiger partial charge < -0.3 is 46.4 Å². The van der Waals surface area contributed by atoms with E-state index >= 15 is 0 Å². The number of hydrogen-bond acceptors (Lipinski definition) is 10. The Kier molecular flexibility index (Phi) is 41.1. The minimum Gasteiger partial charge on any atom is -0.396 e. The molecule has 10 nitrogen and oxygen atoms in total. The Morgan fingerprint density at radius 1 is 0.378 bits per heavy atom. The molecule has 4 N–H and O–H groups in total. The molecule has 0 aliphatic rings. The van der Waals surface area contributed by atoms with Gasteiger partial charge in [-0.25, -0.2) is 0 Å². The maximum absolute atomic E-state index is 10.4. The second-order valence-corrected chi connectivity index (χ2v) is 15.7. The maximum atomic E-state index is 10.4. The van der Waals surface area contributed by atoms with Crippen LogP contribution in [-0.4, -0.2) is 87.7 Å². The van der Waals surface area contributed by atoms with E-state index in [9.17, 15) is 9.59 Å². The third-order valence-electron chi connectivity index (χ3n) is 6.28. The Hall–Kier alpha value is 0.917. The first kappa shape index (κ1) is 55.3. The summed E-state index contributed by atoms with van der Waals surface area (Å²) in [5, 5.41) is 16.3. The monoisotopic (exact) mass is 766 g/mol. The van der Waals surface area contributed by atoms with Gasteiger partial charge in [0, 0.05) is 76.0 Å². The summed E-state index contributed by atoms with van der Waals surface area (Å²) < 4.78 is 33.5. The van der Waals surface area contributed by atoms with Gasteiger partial charge in [0.25, 0.3) is 0 Å². The van der Waals surface area contributed by atoms with Gasteiger partial charge >= 0.3 is 18.1 Å². The number of rotatable bonds is 20. The third kappa shape index (κ3) is 37.6. The molecule has 276 valence electrons. The zero-order chi connectivity index (χ0) is 35.5. The van der Waals surface area contributed by atoms with E-state index in [0.29, 0.717) is 25.0 Å². The summed E-state index contributed by atoms with van der Waals surface area (Å²) in [7, 11) is -7.00. The Bertz CT molecular complexity index is 496. The fourth-order valence-corrected chi connectivity index (χ4v) is 6.58. The van der Waals surface area contributed by atoms with Crippen molar-refractivity contribution < 1.29 is 72.6 Å². The summed E-state index contributed by atoms with van der Waals surface area (Å²) in [4.78, 5) is 20.8. The van der Waals surface area contributed by atoms with Crippen LogP contribution >= 0.6 is 0 Å². The minimum atomic E-state index is -3.50. The molecule has 0 aliphatic heterocycles. The predicted molar refractivity (Wildman–Crippen MR) is 185 cm³/mol. The molecule has 45 heavy (non-hydrogen) atoms. The summed E-state index contributed by atoms with van der Waals surface area (Å²) in [5.41, 5.74) is 0. The van der Waals surface area contributed by atoms with Crippen LogP contribution in [0.1, 0.15) is 149 Å². The molecule has 6 atom stereocenters. The standard InChI is InChI=1S/2C12H28O4Si.2C4H10O.Zr/c2*1-7-10(4)14-17(13,15-11(5)8-2)16-12(6)9-3;2*1-4(2)3-5;/h2*10-13H,7-9H2,1-6H3;2*4-5H,3H2,1-2H3;. The van der Waals surface area contributed by atoms with E-state index in [0.717, 1.165) is 38.5 Å². The SMILES string of the molecule is CC(C)CO.CC(C)CO.CCC(C)O[Si](O)(OC(C)CC)OC(C)CC.CCC(C)O[Si](O)(OC(C)CC)OC(C)CC.[Zr]. The van der Waals surface area contributed by atoms with Crippen molar-refractivity contribution in [2.45, 2.75) is 186 Å². The molecular formula is C32H76O10Si2Zr. The fraction of sp³-hybridized carbons (Fsp3) is 1.00. The smallest absolute Gasteiger partial charge is 0.396 e. The zero-order valence-electron chi connectivity index (χ0n) is 32.0. The second kappa shape index (κ2) is 33.4. The molecule has 6 unspecified atom stereocenters. The first-order valence-electron chi connectivity index (χ1n) is 17.0. The van der Waals surface area contributed by atoms with E-state index < -0.39 is 18.1 Å². The van der Waals surface area contributed by atoms with Crippen LogP contribution in [0.5, 0.6) is 0 Å². The predicted octanol–water partition coefficient (Wildman–Crippen LogP) is 6.99. The molecule has 0 spiro atoms. The maximum Gasteiger partial charge on any atom is 0.677 e. The van der Waals surface area contributed by atoms with E-state index in [2.05, 4.69) is 0 Å². The molecule has 0 bridgehead atoms. The summed E-state index contributed by atoms with van der Waals surface area (Å²) in [6, 6.07) is 0. The number of hydrogen-bond donors (Lipinski definition) is 4. The van der Waals surface area contributed by atoms with Gasteiger partial charge in [0.2, 0.25) is 0 Å². The summed E-state index contributed by atoms with van der Waals surface area (Å²) in [6.07, 6.45) is 4.60. The van der Waals surface area contributed by atoms with Gasteiger partial charge in [0.15, 0.2) is 0 Å². The molecule has 0 rings (SSSR count). The van der Waals surface area contributed by atoms with Crippen molar-refractivity contribution >= 4 is 18.1 Å². The molecular weight excluding hydrogens is 692 g/mol. The molecule has 0 aromatic carbocycles. The molecule has 0 aromatic heterocycles. The normalized spacial score (nSPS) is 17.7. The Balaban J connectivity index is -0.000000179. The molecule has 0 aliphatic carbocycles. The van der Waals surface area contributed by atoms with E-state index in [4.69, 9.17) is 36.8 Å². The van der Waals surface area contributed by atoms with Crippen molar-refractivity contribution in [1.29, 1.82) is 0 Å². The van der Waals surface area contributed by atoms with Gasteiger partial charge in [-0.1, -0.05) is 69.2 Å². The average Bonchev–Trinajstić information content (AvgIpc) is 2.96. The quantitative estimate of drug-likeness (QED) is 0.0961. The van der Waals surface area contributed by atoms with Crippen molar-refractivity contribution in [2.75, 3.05) is 13.2 Å². The van der Waals surface area contributed by atoms with E-state index in [1.807, 2.05) is 111 Å².